The van der Waals surface area contributed by atoms with Crippen molar-refractivity contribution in [3.63, 3.8) is 0 Å². The van der Waals surface area contributed by atoms with Crippen molar-refractivity contribution in [2.45, 2.75) is 0 Å². The zero-order valence-electron chi connectivity index (χ0n) is 29.9. The molecule has 0 spiro atoms. The maximum Gasteiger partial charge on any atom is 0.160 e. The molecule has 3 nitrogen and oxygen atoms in total. The van der Waals surface area contributed by atoms with Crippen LogP contribution in [0.1, 0.15) is 0 Å². The number of rotatable bonds is 7. The minimum Gasteiger partial charge on any atom is -0.456 e. The van der Waals surface area contributed by atoms with Gasteiger partial charge < -0.3 is 4.42 Å². The number of aromatic nitrogens is 2. The lowest BCUT2D eigenvalue weighted by atomic mass is 9.93. The average Bonchev–Trinajstić information content (AvgIpc) is 3.65. The second-order valence-electron chi connectivity index (χ2n) is 13.8. The molecule has 55 heavy (non-hydrogen) atoms. The van der Waals surface area contributed by atoms with Gasteiger partial charge in [-0.05, 0) is 93.0 Å². The first-order valence-electron chi connectivity index (χ1n) is 18.6. The number of fused-ring (bicyclic) bond motifs is 3. The summed E-state index contributed by atoms with van der Waals surface area (Å²) in [6, 6.07) is 72.3. The molecule has 0 atom stereocenters. The van der Waals surface area contributed by atoms with Crippen molar-refractivity contribution in [2.24, 2.45) is 0 Å². The van der Waals surface area contributed by atoms with E-state index in [1.807, 2.05) is 24.3 Å². The lowest BCUT2D eigenvalue weighted by Crippen LogP contribution is -1.97. The molecule has 0 aliphatic rings. The van der Waals surface area contributed by atoms with E-state index in [-0.39, 0.29) is 0 Å². The normalized spacial score (nSPS) is 11.3. The van der Waals surface area contributed by atoms with Crippen molar-refractivity contribution < 1.29 is 4.42 Å². The molecule has 0 saturated carbocycles. The highest BCUT2D eigenvalue weighted by molar-refractivity contribution is 6.06. The van der Waals surface area contributed by atoms with Crippen LogP contribution in [0.4, 0.5) is 0 Å². The molecule has 8 aromatic carbocycles. The first-order chi connectivity index (χ1) is 27.2. The van der Waals surface area contributed by atoms with Gasteiger partial charge in [-0.1, -0.05) is 158 Å². The van der Waals surface area contributed by atoms with Gasteiger partial charge in [-0.3, -0.25) is 0 Å². The smallest absolute Gasteiger partial charge is 0.160 e. The molecule has 0 aliphatic heterocycles. The maximum absolute atomic E-state index is 6.21. The fourth-order valence-electron chi connectivity index (χ4n) is 7.45. The van der Waals surface area contributed by atoms with Gasteiger partial charge in [-0.15, -0.1) is 0 Å². The summed E-state index contributed by atoms with van der Waals surface area (Å²) in [7, 11) is 0. The molecular formula is C52H34N2O. The summed E-state index contributed by atoms with van der Waals surface area (Å²) in [5.74, 6) is 0.680. The predicted octanol–water partition coefficient (Wildman–Crippen LogP) is 14.0. The molecule has 2 aromatic heterocycles. The fraction of sp³-hybridized carbons (Fsp3) is 0. The van der Waals surface area contributed by atoms with Crippen LogP contribution in [0.15, 0.2) is 211 Å². The van der Waals surface area contributed by atoms with Crippen molar-refractivity contribution in [1.82, 2.24) is 9.97 Å². The van der Waals surface area contributed by atoms with Crippen molar-refractivity contribution in [1.29, 1.82) is 0 Å². The summed E-state index contributed by atoms with van der Waals surface area (Å²) in [5, 5.41) is 2.21. The Hall–Kier alpha value is -7.36. The van der Waals surface area contributed by atoms with E-state index in [1.54, 1.807) is 0 Å². The molecule has 0 aliphatic carbocycles. The molecule has 0 amide bonds. The van der Waals surface area contributed by atoms with E-state index >= 15 is 0 Å². The van der Waals surface area contributed by atoms with Gasteiger partial charge in [0.05, 0.1) is 11.4 Å². The van der Waals surface area contributed by atoms with Gasteiger partial charge in [0.15, 0.2) is 5.82 Å². The topological polar surface area (TPSA) is 38.9 Å². The molecule has 0 saturated heterocycles. The van der Waals surface area contributed by atoms with Crippen LogP contribution in [0.3, 0.4) is 0 Å². The Kier molecular flexibility index (Phi) is 8.16. The largest absolute Gasteiger partial charge is 0.456 e. The van der Waals surface area contributed by atoms with Crippen LogP contribution >= 0.6 is 0 Å². The van der Waals surface area contributed by atoms with Crippen LogP contribution in [0.2, 0.25) is 0 Å². The zero-order valence-corrected chi connectivity index (χ0v) is 29.9. The third kappa shape index (κ3) is 6.39. The predicted molar refractivity (Wildman–Crippen MR) is 227 cm³/mol. The highest BCUT2D eigenvalue weighted by atomic mass is 16.3. The Bertz CT molecular complexity index is 2950. The van der Waals surface area contributed by atoms with E-state index in [0.29, 0.717) is 5.82 Å². The summed E-state index contributed by atoms with van der Waals surface area (Å²) in [6.07, 6.45) is 0. The van der Waals surface area contributed by atoms with E-state index in [0.717, 1.165) is 83.4 Å². The fourth-order valence-corrected chi connectivity index (χ4v) is 7.45. The van der Waals surface area contributed by atoms with Crippen molar-refractivity contribution in [3.05, 3.63) is 206 Å². The summed E-state index contributed by atoms with van der Waals surface area (Å²) in [5.41, 5.74) is 15.6. The third-order valence-corrected chi connectivity index (χ3v) is 10.3. The first-order valence-corrected chi connectivity index (χ1v) is 18.6. The molecule has 0 radical (unpaired) electrons. The Labute approximate surface area is 319 Å². The average molecular weight is 703 g/mol. The van der Waals surface area contributed by atoms with E-state index in [4.69, 9.17) is 14.4 Å². The molecule has 0 N–H and O–H groups in total. The van der Waals surface area contributed by atoms with Crippen LogP contribution in [0.5, 0.6) is 0 Å². The monoisotopic (exact) mass is 702 g/mol. The number of para-hydroxylation sites is 1. The first kappa shape index (κ1) is 32.3. The van der Waals surface area contributed by atoms with Gasteiger partial charge in [0.2, 0.25) is 0 Å². The van der Waals surface area contributed by atoms with Crippen molar-refractivity contribution in [3.8, 4) is 78.4 Å². The number of benzene rings is 8. The van der Waals surface area contributed by atoms with Crippen LogP contribution in [0, 0.1) is 0 Å². The minimum absolute atomic E-state index is 0.680. The Morgan fingerprint density at radius 3 is 1.40 bits per heavy atom. The lowest BCUT2D eigenvalue weighted by molar-refractivity contribution is 0.669. The van der Waals surface area contributed by atoms with Gasteiger partial charge in [-0.25, -0.2) is 9.97 Å². The second-order valence-corrected chi connectivity index (χ2v) is 13.8. The summed E-state index contributed by atoms with van der Waals surface area (Å²) < 4.78 is 6.21. The zero-order chi connectivity index (χ0) is 36.6. The maximum atomic E-state index is 6.21. The van der Waals surface area contributed by atoms with Crippen LogP contribution in [0.25, 0.3) is 100 Å². The van der Waals surface area contributed by atoms with E-state index in [9.17, 15) is 0 Å². The quantitative estimate of drug-likeness (QED) is 0.166. The summed E-state index contributed by atoms with van der Waals surface area (Å²) in [4.78, 5) is 10.5. The Balaban J connectivity index is 1.16. The molecule has 0 fully saturated rings. The molecule has 3 heteroatoms. The van der Waals surface area contributed by atoms with Gasteiger partial charge in [-0.2, -0.15) is 0 Å². The van der Waals surface area contributed by atoms with Crippen molar-refractivity contribution >= 4 is 21.9 Å². The number of furan rings is 1. The van der Waals surface area contributed by atoms with Crippen LogP contribution in [-0.4, -0.2) is 9.97 Å². The summed E-state index contributed by atoms with van der Waals surface area (Å²) in [6.45, 7) is 0. The number of hydrogen-bond donors (Lipinski definition) is 0. The second kappa shape index (κ2) is 13.9. The SMILES string of the molecule is c1ccc(-c2ccc(-c3cc(-c4ccc5oc6ccccc6c5c4)cc(-c4cc(-c5ccccc5)nc(-c5cccc(-c6ccccc6)c5)n4)c3)cc2)cc1. The summed E-state index contributed by atoms with van der Waals surface area (Å²) >= 11 is 0. The van der Waals surface area contributed by atoms with E-state index in [1.165, 1.54) is 11.1 Å². The third-order valence-electron chi connectivity index (χ3n) is 10.3. The highest BCUT2D eigenvalue weighted by Crippen LogP contribution is 2.38. The van der Waals surface area contributed by atoms with Gasteiger partial charge in [0.25, 0.3) is 0 Å². The van der Waals surface area contributed by atoms with E-state index < -0.39 is 0 Å². The van der Waals surface area contributed by atoms with Crippen LogP contribution < -0.4 is 0 Å². The molecule has 258 valence electrons. The molecule has 10 aromatic rings. The highest BCUT2D eigenvalue weighted by Gasteiger charge is 2.16. The number of nitrogens with zero attached hydrogens (tertiary/aromatic N) is 2. The van der Waals surface area contributed by atoms with Crippen molar-refractivity contribution in [2.75, 3.05) is 0 Å². The van der Waals surface area contributed by atoms with E-state index in [2.05, 4.69) is 182 Å². The Morgan fingerprint density at radius 2 is 0.691 bits per heavy atom. The molecule has 2 heterocycles. The van der Waals surface area contributed by atoms with Gasteiger partial charge in [0.1, 0.15) is 11.2 Å². The standard InChI is InChI=1S/C52H34N2O/c1-4-13-35(14-5-1)37-23-25-38(26-24-37)43-30-44(41-27-28-51-47(33-41)46-21-10-11-22-50(46)55-51)32-45(31-43)49-34-48(39-17-8-3-9-18-39)53-52(54-49)42-20-12-19-40(29-42)36-15-6-2-7-16-36/h1-34H. The molecule has 10 rings (SSSR count). The van der Waals surface area contributed by atoms with Gasteiger partial charge in [0, 0.05) is 27.5 Å². The molecular weight excluding hydrogens is 669 g/mol. The Morgan fingerprint density at radius 1 is 0.255 bits per heavy atom. The minimum atomic E-state index is 0.680. The van der Waals surface area contributed by atoms with Crippen LogP contribution in [-0.2, 0) is 0 Å². The van der Waals surface area contributed by atoms with Gasteiger partial charge >= 0.3 is 0 Å². The number of hydrogen-bond acceptors (Lipinski definition) is 3. The molecule has 0 unspecified atom stereocenters. The lowest BCUT2D eigenvalue weighted by Gasteiger charge is -2.14. The molecule has 0 bridgehead atoms.